The summed E-state index contributed by atoms with van der Waals surface area (Å²) in [5.74, 6) is -0.205. The van der Waals surface area contributed by atoms with Gasteiger partial charge in [0.1, 0.15) is 5.75 Å². The first-order valence-corrected chi connectivity index (χ1v) is 6.22. The summed E-state index contributed by atoms with van der Waals surface area (Å²) < 4.78 is 0. The third-order valence-electron chi connectivity index (χ3n) is 2.84. The number of amides is 1. The molecule has 0 fully saturated rings. The maximum Gasteiger partial charge on any atom is 0.255 e. The molecule has 2 N–H and O–H groups in total. The molecule has 0 aromatic heterocycles. The Kier molecular flexibility index (Phi) is 3.76. The fraction of sp³-hybridized carbons (Fsp3) is 0.133. The average Bonchev–Trinajstić information content (AvgIpc) is 2.36. The van der Waals surface area contributed by atoms with Gasteiger partial charge in [-0.1, -0.05) is 23.7 Å². The molecule has 0 aliphatic carbocycles. The summed E-state index contributed by atoms with van der Waals surface area (Å²) in [6.45, 7) is 3.70. The van der Waals surface area contributed by atoms with Crippen LogP contribution in [-0.2, 0) is 0 Å². The molecule has 98 valence electrons. The summed E-state index contributed by atoms with van der Waals surface area (Å²) in [5.41, 5.74) is 2.69. The topological polar surface area (TPSA) is 49.3 Å². The second kappa shape index (κ2) is 5.33. The van der Waals surface area contributed by atoms with E-state index in [2.05, 4.69) is 5.32 Å². The molecule has 3 nitrogen and oxygen atoms in total. The van der Waals surface area contributed by atoms with Crippen LogP contribution >= 0.6 is 11.6 Å². The zero-order valence-electron chi connectivity index (χ0n) is 10.7. The van der Waals surface area contributed by atoms with Gasteiger partial charge in [-0.2, -0.15) is 0 Å². The normalized spacial score (nSPS) is 10.3. The molecule has 0 radical (unpaired) electrons. The first-order valence-electron chi connectivity index (χ1n) is 5.84. The van der Waals surface area contributed by atoms with Gasteiger partial charge in [-0.15, -0.1) is 0 Å². The predicted octanol–water partition coefficient (Wildman–Crippen LogP) is 3.91. The SMILES string of the molecule is Cc1ccc(NC(=O)c2ccc(C)c(O)c2)c(Cl)c1. The van der Waals surface area contributed by atoms with Gasteiger partial charge in [0.2, 0.25) is 0 Å². The molecule has 0 aliphatic rings. The molecule has 2 aromatic rings. The van der Waals surface area contributed by atoms with Crippen LogP contribution < -0.4 is 5.32 Å². The highest BCUT2D eigenvalue weighted by Gasteiger charge is 2.10. The van der Waals surface area contributed by atoms with Gasteiger partial charge in [0, 0.05) is 5.56 Å². The van der Waals surface area contributed by atoms with Crippen LogP contribution in [0.3, 0.4) is 0 Å². The van der Waals surface area contributed by atoms with Crippen LogP contribution in [0.15, 0.2) is 36.4 Å². The number of carbonyl (C=O) groups excluding carboxylic acids is 1. The predicted molar refractivity (Wildman–Crippen MR) is 77.0 cm³/mol. The fourth-order valence-electron chi connectivity index (χ4n) is 1.67. The second-order valence-electron chi connectivity index (χ2n) is 4.44. The minimum Gasteiger partial charge on any atom is -0.508 e. The molecule has 2 rings (SSSR count). The number of carbonyl (C=O) groups is 1. The van der Waals surface area contributed by atoms with Gasteiger partial charge in [0.25, 0.3) is 5.91 Å². The summed E-state index contributed by atoms with van der Waals surface area (Å²) >= 11 is 6.05. The van der Waals surface area contributed by atoms with Crippen LogP contribution in [0.4, 0.5) is 5.69 Å². The van der Waals surface area contributed by atoms with Crippen LogP contribution in [0.1, 0.15) is 21.5 Å². The van der Waals surface area contributed by atoms with E-state index in [0.29, 0.717) is 16.3 Å². The summed E-state index contributed by atoms with van der Waals surface area (Å²) in [6, 6.07) is 10.2. The van der Waals surface area contributed by atoms with Crippen molar-refractivity contribution in [3.05, 3.63) is 58.1 Å². The number of phenolic OH excluding ortho intramolecular Hbond substituents is 1. The number of rotatable bonds is 2. The number of hydrogen-bond donors (Lipinski definition) is 2. The van der Waals surface area contributed by atoms with Crippen molar-refractivity contribution in [3.8, 4) is 5.75 Å². The third-order valence-corrected chi connectivity index (χ3v) is 3.16. The summed E-state index contributed by atoms with van der Waals surface area (Å²) in [4.78, 5) is 12.0. The maximum atomic E-state index is 12.0. The molecule has 0 saturated heterocycles. The molecule has 19 heavy (non-hydrogen) atoms. The number of aryl methyl sites for hydroxylation is 2. The zero-order valence-corrected chi connectivity index (χ0v) is 11.5. The summed E-state index contributed by atoms with van der Waals surface area (Å²) in [5, 5.41) is 12.8. The van der Waals surface area contributed by atoms with Gasteiger partial charge in [-0.05, 0) is 49.2 Å². The fourth-order valence-corrected chi connectivity index (χ4v) is 1.95. The van der Waals surface area contributed by atoms with Gasteiger partial charge in [-0.25, -0.2) is 0 Å². The van der Waals surface area contributed by atoms with E-state index in [-0.39, 0.29) is 11.7 Å². The molecule has 1 amide bonds. The van der Waals surface area contributed by atoms with Crippen molar-refractivity contribution in [1.29, 1.82) is 0 Å². The lowest BCUT2D eigenvalue weighted by Gasteiger charge is -2.08. The van der Waals surface area contributed by atoms with Crippen molar-refractivity contribution < 1.29 is 9.90 Å². The third kappa shape index (κ3) is 3.06. The highest BCUT2D eigenvalue weighted by atomic mass is 35.5. The molecular weight excluding hydrogens is 262 g/mol. The molecule has 0 unspecified atom stereocenters. The van der Waals surface area contributed by atoms with Gasteiger partial charge in [0.05, 0.1) is 10.7 Å². The number of phenols is 1. The number of nitrogens with one attached hydrogen (secondary N) is 1. The lowest BCUT2D eigenvalue weighted by atomic mass is 10.1. The highest BCUT2D eigenvalue weighted by molar-refractivity contribution is 6.34. The van der Waals surface area contributed by atoms with Gasteiger partial charge in [0.15, 0.2) is 0 Å². The number of hydrogen-bond acceptors (Lipinski definition) is 2. The first kappa shape index (κ1) is 13.4. The lowest BCUT2D eigenvalue weighted by Crippen LogP contribution is -2.12. The quantitative estimate of drug-likeness (QED) is 0.873. The minimum atomic E-state index is -0.305. The summed E-state index contributed by atoms with van der Waals surface area (Å²) in [6.07, 6.45) is 0. The highest BCUT2D eigenvalue weighted by Crippen LogP contribution is 2.24. The van der Waals surface area contributed by atoms with E-state index in [1.807, 2.05) is 13.0 Å². The molecule has 0 saturated carbocycles. The van der Waals surface area contributed by atoms with Crippen LogP contribution in [0.2, 0.25) is 5.02 Å². The zero-order chi connectivity index (χ0) is 14.0. The summed E-state index contributed by atoms with van der Waals surface area (Å²) in [7, 11) is 0. The number of halogens is 1. The Morgan fingerprint density at radius 2 is 1.89 bits per heavy atom. The van der Waals surface area contributed by atoms with E-state index >= 15 is 0 Å². The molecular formula is C15H14ClNO2. The lowest BCUT2D eigenvalue weighted by molar-refractivity contribution is 0.102. The Morgan fingerprint density at radius 3 is 2.53 bits per heavy atom. The van der Waals surface area contributed by atoms with E-state index in [4.69, 9.17) is 11.6 Å². The maximum absolute atomic E-state index is 12.0. The van der Waals surface area contributed by atoms with Gasteiger partial charge in [-0.3, -0.25) is 4.79 Å². The Hall–Kier alpha value is -2.00. The smallest absolute Gasteiger partial charge is 0.255 e. The van der Waals surface area contributed by atoms with E-state index in [1.54, 1.807) is 31.2 Å². The molecule has 0 heterocycles. The molecule has 0 spiro atoms. The van der Waals surface area contributed by atoms with Crippen LogP contribution in [0.25, 0.3) is 0 Å². The largest absolute Gasteiger partial charge is 0.508 e. The van der Waals surface area contributed by atoms with E-state index in [0.717, 1.165) is 11.1 Å². The van der Waals surface area contributed by atoms with E-state index in [9.17, 15) is 9.90 Å². The van der Waals surface area contributed by atoms with Crippen molar-refractivity contribution in [1.82, 2.24) is 0 Å². The minimum absolute atomic E-state index is 0.0997. The Morgan fingerprint density at radius 1 is 1.16 bits per heavy atom. The van der Waals surface area contributed by atoms with Gasteiger partial charge < -0.3 is 10.4 Å². The number of aromatic hydroxyl groups is 1. The van der Waals surface area contributed by atoms with E-state index in [1.165, 1.54) is 6.07 Å². The Bertz CT molecular complexity index is 638. The van der Waals surface area contributed by atoms with Crippen LogP contribution in [0, 0.1) is 13.8 Å². The standard InChI is InChI=1S/C15H14ClNO2/c1-9-3-6-13(12(16)7-9)17-15(19)11-5-4-10(2)14(18)8-11/h3-8,18H,1-2H3,(H,17,19). The van der Waals surface area contributed by atoms with Gasteiger partial charge >= 0.3 is 0 Å². The molecule has 4 heteroatoms. The second-order valence-corrected chi connectivity index (χ2v) is 4.85. The molecule has 0 bridgehead atoms. The number of benzene rings is 2. The first-order chi connectivity index (χ1) is 8.97. The van der Waals surface area contributed by atoms with E-state index < -0.39 is 0 Å². The average molecular weight is 276 g/mol. The monoisotopic (exact) mass is 275 g/mol. The molecule has 0 aliphatic heterocycles. The van der Waals surface area contributed by atoms with Crippen molar-refractivity contribution in [2.24, 2.45) is 0 Å². The van der Waals surface area contributed by atoms with Crippen molar-refractivity contribution in [2.75, 3.05) is 5.32 Å². The number of anilines is 1. The Labute approximate surface area is 116 Å². The Balaban J connectivity index is 2.23. The van der Waals surface area contributed by atoms with Crippen molar-refractivity contribution in [2.45, 2.75) is 13.8 Å². The van der Waals surface area contributed by atoms with Crippen molar-refractivity contribution in [3.63, 3.8) is 0 Å². The molecule has 2 aromatic carbocycles. The molecule has 0 atom stereocenters. The van der Waals surface area contributed by atoms with Crippen LogP contribution in [-0.4, -0.2) is 11.0 Å². The van der Waals surface area contributed by atoms with Crippen LogP contribution in [0.5, 0.6) is 5.75 Å². The van der Waals surface area contributed by atoms with Crippen molar-refractivity contribution >= 4 is 23.2 Å².